The number of amides is 1. The molecule has 1 aliphatic carbocycles. The second-order valence-electron chi connectivity index (χ2n) is 6.04. The summed E-state index contributed by atoms with van der Waals surface area (Å²) in [4.78, 5) is 16.5. The van der Waals surface area contributed by atoms with E-state index < -0.39 is 0 Å². The van der Waals surface area contributed by atoms with Crippen LogP contribution >= 0.6 is 22.6 Å². The molecule has 1 N–H and O–H groups in total. The highest BCUT2D eigenvalue weighted by molar-refractivity contribution is 14.1. The van der Waals surface area contributed by atoms with Crippen LogP contribution in [-0.2, 0) is 0 Å². The van der Waals surface area contributed by atoms with Gasteiger partial charge in [0.05, 0.1) is 11.1 Å². The highest BCUT2D eigenvalue weighted by atomic mass is 127. The summed E-state index contributed by atoms with van der Waals surface area (Å²) in [7, 11) is 0. The number of carbonyl (C=O) groups excluding carboxylic acids is 1. The fourth-order valence-corrected chi connectivity index (χ4v) is 3.55. The van der Waals surface area contributed by atoms with E-state index in [1.54, 1.807) is 12.1 Å². The highest BCUT2D eigenvalue weighted by Crippen LogP contribution is 2.23. The van der Waals surface area contributed by atoms with Crippen molar-refractivity contribution in [2.45, 2.75) is 37.8 Å². The average Bonchev–Trinajstić information content (AvgIpc) is 2.64. The molecule has 1 heterocycles. The van der Waals surface area contributed by atoms with Crippen molar-refractivity contribution < 1.29 is 9.53 Å². The third kappa shape index (κ3) is 4.69. The maximum absolute atomic E-state index is 12.4. The zero-order valence-corrected chi connectivity index (χ0v) is 15.8. The zero-order valence-electron chi connectivity index (χ0n) is 13.6. The van der Waals surface area contributed by atoms with Crippen LogP contribution in [0, 0.1) is 14.9 Å². The first-order valence-electron chi connectivity index (χ1n) is 8.24. The molecule has 0 saturated heterocycles. The maximum Gasteiger partial charge on any atom is 0.252 e. The lowest BCUT2D eigenvalue weighted by Crippen LogP contribution is -2.40. The largest absolute Gasteiger partial charge is 0.474 e. The molecule has 1 saturated carbocycles. The molecule has 0 bridgehead atoms. The standard InChI is InChI=1S/C19H18IN3O2/c20-17-4-2-1-3-16(17)19(24)23-14-6-8-15(9-7-14)25-18-10-5-13(11-21)12-22-18/h1-5,10,12,14-15H,6-9H2,(H,23,24). The molecule has 128 valence electrons. The van der Waals surface area contributed by atoms with Crippen molar-refractivity contribution in [2.75, 3.05) is 0 Å². The van der Waals surface area contributed by atoms with Gasteiger partial charge in [-0.25, -0.2) is 4.98 Å². The molecule has 0 radical (unpaired) electrons. The van der Waals surface area contributed by atoms with Crippen molar-refractivity contribution in [1.82, 2.24) is 10.3 Å². The van der Waals surface area contributed by atoms with Gasteiger partial charge in [0.25, 0.3) is 5.91 Å². The highest BCUT2D eigenvalue weighted by Gasteiger charge is 2.24. The Balaban J connectivity index is 1.49. The lowest BCUT2D eigenvalue weighted by molar-refractivity contribution is 0.0889. The van der Waals surface area contributed by atoms with Crippen LogP contribution in [0.1, 0.15) is 41.6 Å². The molecule has 5 nitrogen and oxygen atoms in total. The van der Waals surface area contributed by atoms with Gasteiger partial charge < -0.3 is 10.1 Å². The number of carbonyl (C=O) groups is 1. The van der Waals surface area contributed by atoms with E-state index in [1.807, 2.05) is 30.3 Å². The number of hydrogen-bond acceptors (Lipinski definition) is 4. The first kappa shape index (κ1) is 17.7. The summed E-state index contributed by atoms with van der Waals surface area (Å²) in [5.41, 5.74) is 1.25. The molecule has 1 fully saturated rings. The number of halogens is 1. The van der Waals surface area contributed by atoms with Gasteiger partial charge in [0.1, 0.15) is 12.2 Å². The summed E-state index contributed by atoms with van der Waals surface area (Å²) in [5.74, 6) is 0.536. The molecular formula is C19H18IN3O2. The van der Waals surface area contributed by atoms with Crippen molar-refractivity contribution in [3.05, 3.63) is 57.3 Å². The van der Waals surface area contributed by atoms with E-state index in [0.29, 0.717) is 11.4 Å². The van der Waals surface area contributed by atoms with Crippen LogP contribution < -0.4 is 10.1 Å². The van der Waals surface area contributed by atoms with Crippen molar-refractivity contribution in [2.24, 2.45) is 0 Å². The second-order valence-corrected chi connectivity index (χ2v) is 7.20. The Morgan fingerprint density at radius 3 is 2.60 bits per heavy atom. The molecule has 25 heavy (non-hydrogen) atoms. The number of nitrogens with zero attached hydrogens (tertiary/aromatic N) is 2. The van der Waals surface area contributed by atoms with Gasteiger partial charge in [0, 0.05) is 21.9 Å². The van der Waals surface area contributed by atoms with Crippen LogP contribution in [0.15, 0.2) is 42.6 Å². The molecule has 0 spiro atoms. The van der Waals surface area contributed by atoms with E-state index in [0.717, 1.165) is 34.8 Å². The predicted molar refractivity (Wildman–Crippen MR) is 102 cm³/mol. The molecule has 1 amide bonds. The maximum atomic E-state index is 12.4. The Labute approximate surface area is 160 Å². The molecular weight excluding hydrogens is 429 g/mol. The summed E-state index contributed by atoms with van der Waals surface area (Å²) in [5, 5.41) is 11.9. The Morgan fingerprint density at radius 2 is 1.96 bits per heavy atom. The molecule has 0 atom stereocenters. The molecule has 1 aromatic carbocycles. The van der Waals surface area contributed by atoms with Crippen molar-refractivity contribution in [3.63, 3.8) is 0 Å². The molecule has 1 aliphatic rings. The van der Waals surface area contributed by atoms with E-state index in [9.17, 15) is 4.79 Å². The van der Waals surface area contributed by atoms with E-state index in [1.165, 1.54) is 6.20 Å². The SMILES string of the molecule is N#Cc1ccc(OC2CCC(NC(=O)c3ccccc3I)CC2)nc1. The lowest BCUT2D eigenvalue weighted by atomic mass is 9.92. The monoisotopic (exact) mass is 447 g/mol. The smallest absolute Gasteiger partial charge is 0.252 e. The fraction of sp³-hybridized carbons (Fsp3) is 0.316. The lowest BCUT2D eigenvalue weighted by Gasteiger charge is -2.29. The van der Waals surface area contributed by atoms with E-state index >= 15 is 0 Å². The third-order valence-electron chi connectivity index (χ3n) is 4.28. The summed E-state index contributed by atoms with van der Waals surface area (Å²) >= 11 is 2.18. The van der Waals surface area contributed by atoms with Crippen molar-refractivity contribution >= 4 is 28.5 Å². The number of hydrogen-bond donors (Lipinski definition) is 1. The van der Waals surface area contributed by atoms with Crippen LogP contribution in [0.25, 0.3) is 0 Å². The third-order valence-corrected chi connectivity index (χ3v) is 5.22. The van der Waals surface area contributed by atoms with E-state index in [-0.39, 0.29) is 18.1 Å². The number of nitriles is 1. The Bertz CT molecular complexity index is 778. The number of rotatable bonds is 4. The minimum atomic E-state index is -0.0110. The summed E-state index contributed by atoms with van der Waals surface area (Å²) in [6.45, 7) is 0. The van der Waals surface area contributed by atoms with E-state index in [4.69, 9.17) is 10.00 Å². The summed E-state index contributed by atoms with van der Waals surface area (Å²) in [6.07, 6.45) is 5.14. The van der Waals surface area contributed by atoms with Gasteiger partial charge in [0.2, 0.25) is 5.88 Å². The van der Waals surface area contributed by atoms with Gasteiger partial charge in [-0.1, -0.05) is 12.1 Å². The summed E-state index contributed by atoms with van der Waals surface area (Å²) in [6, 6.07) is 13.2. The van der Waals surface area contributed by atoms with Crippen molar-refractivity contribution in [1.29, 1.82) is 5.26 Å². The normalized spacial score (nSPS) is 19.7. The van der Waals surface area contributed by atoms with Gasteiger partial charge in [-0.2, -0.15) is 5.26 Å². The first-order chi connectivity index (χ1) is 12.2. The predicted octanol–water partition coefficient (Wildman–Crippen LogP) is 3.68. The molecule has 0 unspecified atom stereocenters. The number of aromatic nitrogens is 1. The molecule has 2 aromatic rings. The number of ether oxygens (including phenoxy) is 1. The summed E-state index contributed by atoms with van der Waals surface area (Å²) < 4.78 is 6.84. The van der Waals surface area contributed by atoms with Crippen LogP contribution in [0.4, 0.5) is 0 Å². The minimum Gasteiger partial charge on any atom is -0.474 e. The molecule has 3 rings (SSSR count). The van der Waals surface area contributed by atoms with Crippen LogP contribution in [0.5, 0.6) is 5.88 Å². The van der Waals surface area contributed by atoms with Crippen LogP contribution in [0.2, 0.25) is 0 Å². The average molecular weight is 447 g/mol. The van der Waals surface area contributed by atoms with Gasteiger partial charge >= 0.3 is 0 Å². The fourth-order valence-electron chi connectivity index (χ4n) is 2.92. The van der Waals surface area contributed by atoms with Gasteiger partial charge in [-0.3, -0.25) is 4.79 Å². The molecule has 0 aliphatic heterocycles. The minimum absolute atomic E-state index is 0.0110. The number of benzene rings is 1. The Morgan fingerprint density at radius 1 is 1.20 bits per heavy atom. The Hall–Kier alpha value is -2.14. The van der Waals surface area contributed by atoms with Gasteiger partial charge in [-0.05, 0) is 66.5 Å². The van der Waals surface area contributed by atoms with E-state index in [2.05, 4.69) is 32.9 Å². The Kier molecular flexibility index (Phi) is 5.87. The van der Waals surface area contributed by atoms with Crippen molar-refractivity contribution in [3.8, 4) is 11.9 Å². The topological polar surface area (TPSA) is 75.0 Å². The van der Waals surface area contributed by atoms with Crippen LogP contribution in [0.3, 0.4) is 0 Å². The second kappa shape index (κ2) is 8.30. The van der Waals surface area contributed by atoms with Gasteiger partial charge in [0.15, 0.2) is 0 Å². The first-order valence-corrected chi connectivity index (χ1v) is 9.32. The number of nitrogens with one attached hydrogen (secondary N) is 1. The molecule has 1 aromatic heterocycles. The van der Waals surface area contributed by atoms with Crippen LogP contribution in [-0.4, -0.2) is 23.0 Å². The zero-order chi connectivity index (χ0) is 17.6. The number of pyridine rings is 1. The van der Waals surface area contributed by atoms with Gasteiger partial charge in [-0.15, -0.1) is 0 Å². The quantitative estimate of drug-likeness (QED) is 0.726. The molecule has 6 heteroatoms.